The molecule has 4 aromatic heterocycles. The standard InChI is InChI=1S/C28H35N3O6S.C17H17ClN2OS.C11H19NO5.CH4/c1-14(2)19-13-38-25(30-19)18-11-21(17-9-10-20(35-8)15(3)23(17)29-18)36-22-12-31(24(16(22)4)26(32)33)27(34)37-28(5,6)7;1-9(2)14-8-22-17(20-14)13-7-12(18)11-5-6-15(21-4)10(3)16(11)19-13;1-6-7(13)5-12(8(6)9(14)15)10(16)17-11(2,3)4;/h9-11,13-14,16,22,24H,12H2,1-8H3,(H,32,33);5-9H,1-4H3;6-8,13H,5H2,1-4H3,(H,14,15);1H4/t16-,22+,24+;;6-,7+,8+;/m1.1./s1. The van der Waals surface area contributed by atoms with E-state index in [0.29, 0.717) is 33.7 Å². The van der Waals surface area contributed by atoms with Gasteiger partial charge in [0.15, 0.2) is 0 Å². The van der Waals surface area contributed by atoms with Crippen molar-refractivity contribution in [1.82, 2.24) is 29.7 Å². The molecule has 0 spiro atoms. The van der Waals surface area contributed by atoms with Gasteiger partial charge in [0.05, 0.1) is 60.9 Å². The molecule has 0 saturated carbocycles. The SMILES string of the molecule is C.COc1ccc2c(Cl)cc(-c3nc(C(C)C)cs3)nc2c1C.COc1ccc2c(O[C@H]3CN(C(=O)OC(C)(C)C)[C@H](C(=O)O)[C@@H]3C)cc(-c3nc(C(C)C)cs3)nc2c1C.C[C@H]1[C@@H](C(=O)O)N(C(=O)OC(C)(C)C)C[C@@H]1O. The third-order valence-electron chi connectivity index (χ3n) is 13.0. The van der Waals surface area contributed by atoms with E-state index in [1.807, 2.05) is 55.6 Å². The monoisotopic (exact) mass is 1130 g/mol. The van der Waals surface area contributed by atoms with E-state index in [2.05, 4.69) is 38.1 Å². The molecular formula is C57H75ClN6O12S2. The number of aryl methyl sites for hydroxylation is 2. The zero-order valence-electron chi connectivity index (χ0n) is 46.5. The van der Waals surface area contributed by atoms with Crippen LogP contribution < -0.4 is 14.2 Å². The molecule has 0 aliphatic carbocycles. The fourth-order valence-electron chi connectivity index (χ4n) is 8.82. The number of aliphatic hydroxyl groups excluding tert-OH is 1. The topological polar surface area (TPSA) is 233 Å². The van der Waals surface area contributed by atoms with Gasteiger partial charge in [-0.25, -0.2) is 39.1 Å². The summed E-state index contributed by atoms with van der Waals surface area (Å²) in [6, 6.07) is 9.24. The molecule has 0 bridgehead atoms. The first-order valence-corrected chi connectivity index (χ1v) is 27.4. The number of rotatable bonds is 10. The van der Waals surface area contributed by atoms with E-state index in [-0.39, 0.29) is 26.4 Å². The van der Waals surface area contributed by atoms with Gasteiger partial charge in [-0.1, -0.05) is 60.6 Å². The van der Waals surface area contributed by atoms with Gasteiger partial charge in [-0.05, 0) is 97.6 Å². The smallest absolute Gasteiger partial charge is 0.411 e. The van der Waals surface area contributed by atoms with Crippen molar-refractivity contribution in [1.29, 1.82) is 0 Å². The van der Waals surface area contributed by atoms with Crippen LogP contribution in [-0.4, -0.2) is 132 Å². The molecule has 2 saturated heterocycles. The van der Waals surface area contributed by atoms with E-state index < -0.39 is 71.5 Å². The number of β-amino-alcohol motifs (C(OH)–C–C–N with tert-alkyl or cyclic N) is 1. The fourth-order valence-corrected chi connectivity index (χ4v) is 11.0. The molecule has 424 valence electrons. The van der Waals surface area contributed by atoms with Crippen molar-refractivity contribution in [2.75, 3.05) is 27.3 Å². The first-order chi connectivity index (χ1) is 35.9. The van der Waals surface area contributed by atoms with Crippen LogP contribution >= 0.6 is 34.3 Å². The van der Waals surface area contributed by atoms with Crippen LogP contribution in [-0.2, 0) is 19.1 Å². The highest BCUT2D eigenvalue weighted by molar-refractivity contribution is 7.13. The molecule has 6 heterocycles. The normalized spacial score (nSPS) is 19.2. The van der Waals surface area contributed by atoms with E-state index in [1.54, 1.807) is 80.9 Å². The Morgan fingerprint density at radius 1 is 0.654 bits per heavy atom. The average Bonchev–Trinajstić information content (AvgIpc) is 4.16. The maximum atomic E-state index is 12.9. The van der Waals surface area contributed by atoms with Gasteiger partial charge in [-0.3, -0.25) is 9.80 Å². The lowest BCUT2D eigenvalue weighted by molar-refractivity contribution is -0.144. The number of hydrogen-bond donors (Lipinski definition) is 3. The number of aliphatic carboxylic acids is 2. The molecule has 2 amide bonds. The maximum Gasteiger partial charge on any atom is 0.411 e. The molecule has 8 rings (SSSR count). The van der Waals surface area contributed by atoms with Crippen molar-refractivity contribution in [2.45, 2.75) is 152 Å². The van der Waals surface area contributed by atoms with Gasteiger partial charge in [-0.2, -0.15) is 0 Å². The Kier molecular flexibility index (Phi) is 20.2. The third kappa shape index (κ3) is 14.3. The van der Waals surface area contributed by atoms with E-state index in [9.17, 15) is 29.4 Å². The van der Waals surface area contributed by atoms with Crippen molar-refractivity contribution in [2.24, 2.45) is 11.8 Å². The van der Waals surface area contributed by atoms with Gasteiger partial charge >= 0.3 is 24.1 Å². The number of carbonyl (C=O) groups is 4. The van der Waals surface area contributed by atoms with Gasteiger partial charge in [0.2, 0.25) is 0 Å². The number of likely N-dealkylation sites (tertiary alicyclic amines) is 2. The molecule has 0 radical (unpaired) electrons. The highest BCUT2D eigenvalue weighted by Crippen LogP contribution is 2.40. The van der Waals surface area contributed by atoms with Gasteiger partial charge in [0, 0.05) is 50.6 Å². The van der Waals surface area contributed by atoms with Gasteiger partial charge in [0.25, 0.3) is 0 Å². The minimum Gasteiger partial charge on any atom is -0.496 e. The van der Waals surface area contributed by atoms with Crippen LogP contribution in [0, 0.1) is 25.7 Å². The number of halogens is 1. The number of thiazole rings is 2. The molecule has 2 aromatic carbocycles. The quantitative estimate of drug-likeness (QED) is 0.116. The van der Waals surface area contributed by atoms with Crippen LogP contribution in [0.3, 0.4) is 0 Å². The highest BCUT2D eigenvalue weighted by atomic mass is 35.5. The summed E-state index contributed by atoms with van der Waals surface area (Å²) in [7, 11) is 3.28. The molecule has 78 heavy (non-hydrogen) atoms. The highest BCUT2D eigenvalue weighted by Gasteiger charge is 2.49. The van der Waals surface area contributed by atoms with Crippen LogP contribution in [0.15, 0.2) is 47.2 Å². The third-order valence-corrected chi connectivity index (χ3v) is 15.1. The van der Waals surface area contributed by atoms with Gasteiger partial charge < -0.3 is 39.0 Å². The number of amides is 2. The number of ether oxygens (including phenoxy) is 5. The summed E-state index contributed by atoms with van der Waals surface area (Å²) in [5, 5.41) is 36.8. The van der Waals surface area contributed by atoms with Crippen LogP contribution in [0.4, 0.5) is 9.59 Å². The second kappa shape index (κ2) is 25.2. The summed E-state index contributed by atoms with van der Waals surface area (Å²) in [6.07, 6.45) is -2.78. The summed E-state index contributed by atoms with van der Waals surface area (Å²) in [4.78, 5) is 69.4. The minimum atomic E-state index is -1.13. The first-order valence-electron chi connectivity index (χ1n) is 25.3. The Morgan fingerprint density at radius 2 is 1.08 bits per heavy atom. The number of aliphatic hydroxyl groups is 1. The summed E-state index contributed by atoms with van der Waals surface area (Å²) in [6.45, 7) is 26.2. The van der Waals surface area contributed by atoms with Crippen molar-refractivity contribution >= 4 is 80.2 Å². The Morgan fingerprint density at radius 3 is 1.50 bits per heavy atom. The van der Waals surface area contributed by atoms with E-state index >= 15 is 0 Å². The van der Waals surface area contributed by atoms with Crippen molar-refractivity contribution in [3.8, 4) is 38.7 Å². The van der Waals surface area contributed by atoms with Crippen molar-refractivity contribution < 1.29 is 58.2 Å². The van der Waals surface area contributed by atoms with Gasteiger partial charge in [-0.15, -0.1) is 22.7 Å². The Balaban J connectivity index is 0.000000237. The Hall–Kier alpha value is -6.35. The Labute approximate surface area is 470 Å². The molecule has 6 aromatic rings. The lowest BCUT2D eigenvalue weighted by Gasteiger charge is -2.27. The molecule has 2 aliphatic heterocycles. The van der Waals surface area contributed by atoms with E-state index in [0.717, 1.165) is 65.2 Å². The average molecular weight is 1140 g/mol. The second-order valence-electron chi connectivity index (χ2n) is 21.8. The zero-order valence-corrected chi connectivity index (χ0v) is 48.9. The molecule has 2 aliphatic rings. The Bertz CT molecular complexity index is 3130. The van der Waals surface area contributed by atoms with Crippen molar-refractivity contribution in [3.63, 3.8) is 0 Å². The van der Waals surface area contributed by atoms with E-state index in [1.165, 1.54) is 16.2 Å². The first kappa shape index (κ1) is 62.5. The number of carbonyl (C=O) groups excluding carboxylic acids is 2. The lowest BCUT2D eigenvalue weighted by atomic mass is 10.0. The summed E-state index contributed by atoms with van der Waals surface area (Å²) < 4.78 is 28.0. The van der Waals surface area contributed by atoms with Crippen LogP contribution in [0.2, 0.25) is 5.02 Å². The number of aromatic nitrogens is 4. The molecule has 18 nitrogen and oxygen atoms in total. The molecule has 0 unspecified atom stereocenters. The molecular weight excluding hydrogens is 1060 g/mol. The molecule has 3 N–H and O–H groups in total. The van der Waals surface area contributed by atoms with E-state index in [4.69, 9.17) is 55.3 Å². The van der Waals surface area contributed by atoms with Crippen LogP contribution in [0.25, 0.3) is 43.2 Å². The van der Waals surface area contributed by atoms with Crippen LogP contribution in [0.1, 0.15) is 125 Å². The number of pyridine rings is 2. The number of hydrogen-bond acceptors (Lipinski definition) is 16. The minimum absolute atomic E-state index is 0. The number of carboxylic acid groups (broad SMARTS) is 2. The number of nitrogens with zero attached hydrogens (tertiary/aromatic N) is 6. The number of methoxy groups -OCH3 is 2. The van der Waals surface area contributed by atoms with Crippen LogP contribution in [0.5, 0.6) is 17.2 Å². The number of carboxylic acids is 2. The largest absolute Gasteiger partial charge is 0.496 e. The summed E-state index contributed by atoms with van der Waals surface area (Å²) in [5.74, 6) is -0.463. The maximum absolute atomic E-state index is 12.9. The van der Waals surface area contributed by atoms with Gasteiger partial charge in [0.1, 0.15) is 68.0 Å². The molecule has 2 fully saturated rings. The number of fused-ring (bicyclic) bond motifs is 2. The predicted octanol–water partition coefficient (Wildman–Crippen LogP) is 12.7. The summed E-state index contributed by atoms with van der Waals surface area (Å²) >= 11 is 9.56. The zero-order chi connectivity index (χ0) is 57.2. The predicted molar refractivity (Wildman–Crippen MR) is 306 cm³/mol. The van der Waals surface area contributed by atoms with Crippen molar-refractivity contribution in [3.05, 3.63) is 74.7 Å². The second-order valence-corrected chi connectivity index (χ2v) is 23.9. The molecule has 21 heteroatoms. The lowest BCUT2D eigenvalue weighted by Crippen LogP contribution is -2.45. The summed E-state index contributed by atoms with van der Waals surface area (Å²) in [5.41, 5.74) is 5.52. The number of benzene rings is 2. The molecule has 6 atom stereocenters. The fraction of sp³-hybridized carbons (Fsp3) is 0.509.